The molecule has 0 heterocycles. The summed E-state index contributed by atoms with van der Waals surface area (Å²) in [5, 5.41) is 2.77. The van der Waals surface area contributed by atoms with Gasteiger partial charge in [-0.2, -0.15) is 0 Å². The van der Waals surface area contributed by atoms with E-state index < -0.39 is 29.2 Å². The van der Waals surface area contributed by atoms with Crippen LogP contribution in [0.4, 0.5) is 4.79 Å². The summed E-state index contributed by atoms with van der Waals surface area (Å²) >= 11 is 3.61. The second kappa shape index (κ2) is 12.1. The van der Waals surface area contributed by atoms with E-state index in [0.717, 1.165) is 15.6 Å². The summed E-state index contributed by atoms with van der Waals surface area (Å²) in [5.41, 5.74) is 0.660. The SMILES string of the molecule is COC(=O)[C@]1(NC(=O)OC(C)(C)C)CCc2c(Br)ccc(Oc3ccccc3C(=O)OCc3ccccc3)c2C1. The third-order valence-electron chi connectivity index (χ3n) is 6.47. The molecule has 0 aliphatic heterocycles. The van der Waals surface area contributed by atoms with Crippen molar-refractivity contribution < 1.29 is 33.3 Å². The molecule has 4 rings (SSSR count). The van der Waals surface area contributed by atoms with Crippen LogP contribution in [0.2, 0.25) is 0 Å². The summed E-state index contributed by atoms with van der Waals surface area (Å²) in [6.07, 6.45) is 0.143. The summed E-state index contributed by atoms with van der Waals surface area (Å²) < 4.78 is 23.3. The standard InChI is InChI=1S/C31H32BrNO7/c1-30(2,3)40-29(36)33-31(28(35)37-4)17-16-21-23(18-31)26(15-14-24(21)32)39-25-13-9-8-12-22(25)27(34)38-19-20-10-6-5-7-11-20/h5-15H,16-19H2,1-4H3,(H,33,36)/t31-/m0/s1. The maximum atomic E-state index is 13.1. The number of benzene rings is 3. The van der Waals surface area contributed by atoms with Crippen molar-refractivity contribution in [1.29, 1.82) is 0 Å². The number of carbonyl (C=O) groups is 3. The highest BCUT2D eigenvalue weighted by Crippen LogP contribution is 2.41. The Balaban J connectivity index is 1.63. The molecule has 0 saturated heterocycles. The third kappa shape index (κ3) is 6.83. The van der Waals surface area contributed by atoms with E-state index in [9.17, 15) is 14.4 Å². The van der Waals surface area contributed by atoms with Crippen LogP contribution in [-0.4, -0.2) is 36.3 Å². The zero-order valence-corrected chi connectivity index (χ0v) is 24.5. The van der Waals surface area contributed by atoms with Gasteiger partial charge in [0.2, 0.25) is 0 Å². The molecule has 210 valence electrons. The lowest BCUT2D eigenvalue weighted by molar-refractivity contribution is -0.149. The molecule has 0 unspecified atom stereocenters. The van der Waals surface area contributed by atoms with E-state index >= 15 is 0 Å². The highest BCUT2D eigenvalue weighted by molar-refractivity contribution is 9.10. The van der Waals surface area contributed by atoms with Crippen molar-refractivity contribution in [2.24, 2.45) is 0 Å². The lowest BCUT2D eigenvalue weighted by Crippen LogP contribution is -2.59. The number of hydrogen-bond donors (Lipinski definition) is 1. The molecule has 0 radical (unpaired) electrons. The van der Waals surface area contributed by atoms with Gasteiger partial charge in [-0.05, 0) is 69.0 Å². The van der Waals surface area contributed by atoms with Gasteiger partial charge in [0.1, 0.15) is 34.8 Å². The first kappa shape index (κ1) is 29.1. The summed E-state index contributed by atoms with van der Waals surface area (Å²) in [5.74, 6) is -0.360. The van der Waals surface area contributed by atoms with Crippen molar-refractivity contribution >= 4 is 34.0 Å². The quantitative estimate of drug-likeness (QED) is 0.240. The minimum absolute atomic E-state index is 0.101. The predicted octanol–water partition coefficient (Wildman–Crippen LogP) is 6.52. The molecular formula is C31H32BrNO7. The van der Waals surface area contributed by atoms with Crippen LogP contribution in [0.5, 0.6) is 11.5 Å². The van der Waals surface area contributed by atoms with E-state index in [-0.39, 0.29) is 18.6 Å². The van der Waals surface area contributed by atoms with Crippen molar-refractivity contribution in [2.45, 2.75) is 57.8 Å². The van der Waals surface area contributed by atoms with Crippen LogP contribution in [0.25, 0.3) is 0 Å². The number of nitrogens with one attached hydrogen (secondary N) is 1. The van der Waals surface area contributed by atoms with Crippen molar-refractivity contribution in [3.63, 3.8) is 0 Å². The number of alkyl carbamates (subject to hydrolysis) is 1. The number of halogens is 1. The van der Waals surface area contributed by atoms with E-state index in [1.54, 1.807) is 51.1 Å². The molecule has 9 heteroatoms. The Morgan fingerprint density at radius 3 is 2.33 bits per heavy atom. The second-order valence-electron chi connectivity index (χ2n) is 10.5. The topological polar surface area (TPSA) is 100 Å². The highest BCUT2D eigenvalue weighted by Gasteiger charge is 2.46. The minimum atomic E-state index is -1.36. The number of amides is 1. The maximum absolute atomic E-state index is 13.1. The Kier molecular flexibility index (Phi) is 8.83. The van der Waals surface area contributed by atoms with Gasteiger partial charge in [0.25, 0.3) is 0 Å². The molecule has 3 aromatic carbocycles. The van der Waals surface area contributed by atoms with E-state index in [2.05, 4.69) is 21.2 Å². The summed E-state index contributed by atoms with van der Waals surface area (Å²) in [6, 6.07) is 19.8. The first-order valence-electron chi connectivity index (χ1n) is 12.9. The molecule has 40 heavy (non-hydrogen) atoms. The Hall–Kier alpha value is -3.85. The Bertz CT molecular complexity index is 1400. The average molecular weight is 611 g/mol. The Labute approximate surface area is 242 Å². The Morgan fingerprint density at radius 2 is 1.62 bits per heavy atom. The van der Waals surface area contributed by atoms with Crippen molar-refractivity contribution in [3.05, 3.63) is 93.5 Å². The molecule has 0 saturated carbocycles. The zero-order valence-electron chi connectivity index (χ0n) is 22.9. The van der Waals surface area contributed by atoms with Crippen LogP contribution >= 0.6 is 15.9 Å². The van der Waals surface area contributed by atoms with E-state index in [1.165, 1.54) is 7.11 Å². The number of para-hydroxylation sites is 1. The van der Waals surface area contributed by atoms with E-state index in [4.69, 9.17) is 18.9 Å². The van der Waals surface area contributed by atoms with Gasteiger partial charge < -0.3 is 24.3 Å². The van der Waals surface area contributed by atoms with Gasteiger partial charge in [-0.1, -0.05) is 58.4 Å². The van der Waals surface area contributed by atoms with Gasteiger partial charge in [0, 0.05) is 16.5 Å². The van der Waals surface area contributed by atoms with Crippen molar-refractivity contribution in [3.8, 4) is 11.5 Å². The van der Waals surface area contributed by atoms with Crippen LogP contribution in [0, 0.1) is 0 Å². The first-order chi connectivity index (χ1) is 19.0. The molecule has 1 aliphatic rings. The van der Waals surface area contributed by atoms with Crippen LogP contribution in [0.3, 0.4) is 0 Å². The Morgan fingerprint density at radius 1 is 0.925 bits per heavy atom. The number of fused-ring (bicyclic) bond motifs is 1. The fourth-order valence-corrected chi connectivity index (χ4v) is 5.17. The predicted molar refractivity (Wildman–Crippen MR) is 152 cm³/mol. The lowest BCUT2D eigenvalue weighted by atomic mass is 9.77. The molecular weight excluding hydrogens is 578 g/mol. The molecule has 1 aliphatic carbocycles. The molecule has 1 atom stereocenters. The fraction of sp³-hybridized carbons (Fsp3) is 0.323. The average Bonchev–Trinajstić information content (AvgIpc) is 2.92. The van der Waals surface area contributed by atoms with Gasteiger partial charge in [-0.25, -0.2) is 14.4 Å². The monoisotopic (exact) mass is 609 g/mol. The lowest BCUT2D eigenvalue weighted by Gasteiger charge is -2.37. The van der Waals surface area contributed by atoms with Crippen LogP contribution in [0.15, 0.2) is 71.2 Å². The van der Waals surface area contributed by atoms with Crippen LogP contribution in [0.1, 0.15) is 54.2 Å². The zero-order chi connectivity index (χ0) is 28.9. The summed E-state index contributed by atoms with van der Waals surface area (Å²) in [7, 11) is 1.28. The number of carbonyl (C=O) groups excluding carboxylic acids is 3. The van der Waals surface area contributed by atoms with Crippen molar-refractivity contribution in [1.82, 2.24) is 5.32 Å². The molecule has 8 nitrogen and oxygen atoms in total. The minimum Gasteiger partial charge on any atom is -0.467 e. The molecule has 3 aromatic rings. The van der Waals surface area contributed by atoms with E-state index in [0.29, 0.717) is 29.9 Å². The molecule has 1 amide bonds. The highest BCUT2D eigenvalue weighted by atomic mass is 79.9. The van der Waals surface area contributed by atoms with Gasteiger partial charge in [-0.3, -0.25) is 0 Å². The van der Waals surface area contributed by atoms with E-state index in [1.807, 2.05) is 36.4 Å². The van der Waals surface area contributed by atoms with Crippen LogP contribution < -0.4 is 10.1 Å². The van der Waals surface area contributed by atoms with Gasteiger partial charge in [0.05, 0.1) is 7.11 Å². The maximum Gasteiger partial charge on any atom is 0.408 e. The van der Waals surface area contributed by atoms with Crippen molar-refractivity contribution in [2.75, 3.05) is 7.11 Å². The largest absolute Gasteiger partial charge is 0.467 e. The fourth-order valence-electron chi connectivity index (χ4n) is 4.60. The smallest absolute Gasteiger partial charge is 0.408 e. The number of methoxy groups -OCH3 is 1. The number of rotatable bonds is 7. The number of hydrogen-bond acceptors (Lipinski definition) is 7. The number of ether oxygens (including phenoxy) is 4. The van der Waals surface area contributed by atoms with Gasteiger partial charge in [-0.15, -0.1) is 0 Å². The second-order valence-corrected chi connectivity index (χ2v) is 11.4. The molecule has 0 bridgehead atoms. The number of esters is 2. The van der Waals surface area contributed by atoms with Gasteiger partial charge in [0.15, 0.2) is 0 Å². The van der Waals surface area contributed by atoms with Crippen LogP contribution in [-0.2, 0) is 38.5 Å². The third-order valence-corrected chi connectivity index (χ3v) is 7.21. The first-order valence-corrected chi connectivity index (χ1v) is 13.7. The molecule has 0 spiro atoms. The molecule has 1 N–H and O–H groups in total. The molecule has 0 fully saturated rings. The van der Waals surface area contributed by atoms with Gasteiger partial charge >= 0.3 is 18.0 Å². The summed E-state index contributed by atoms with van der Waals surface area (Å²) in [4.78, 5) is 38.8. The molecule has 0 aromatic heterocycles. The normalized spacial score (nSPS) is 16.3. The summed E-state index contributed by atoms with van der Waals surface area (Å²) in [6.45, 7) is 5.37.